The van der Waals surface area contributed by atoms with Gasteiger partial charge in [-0.15, -0.1) is 11.3 Å². The van der Waals surface area contributed by atoms with Crippen molar-refractivity contribution in [1.29, 1.82) is 0 Å². The molecule has 168 valence electrons. The average Bonchev–Trinajstić information content (AvgIpc) is 3.20. The number of carbonyl (C=O) groups excluding carboxylic acids is 1. The number of nitrogens with zero attached hydrogens (tertiary/aromatic N) is 4. The summed E-state index contributed by atoms with van der Waals surface area (Å²) >= 11 is 7.55. The maximum Gasteiger partial charge on any atom is 0.240 e. The molecule has 1 aliphatic rings. The molecule has 1 aliphatic heterocycles. The van der Waals surface area contributed by atoms with Crippen molar-refractivity contribution in [1.82, 2.24) is 19.8 Å². The molecule has 3 heterocycles. The number of nitrogen functional groups attached to an aromatic ring is 1. The highest BCUT2D eigenvalue weighted by Crippen LogP contribution is 2.24. The highest BCUT2D eigenvalue weighted by atomic mass is 35.5. The smallest absolute Gasteiger partial charge is 0.240 e. The van der Waals surface area contributed by atoms with Crippen molar-refractivity contribution in [2.75, 3.05) is 39.1 Å². The number of rotatable bonds is 8. The van der Waals surface area contributed by atoms with Crippen LogP contribution in [-0.2, 0) is 16.1 Å². The number of hydrogen-bond acceptors (Lipinski definition) is 7. The van der Waals surface area contributed by atoms with Crippen LogP contribution in [-0.4, -0.2) is 65.1 Å². The van der Waals surface area contributed by atoms with Gasteiger partial charge in [0.05, 0.1) is 15.9 Å². The van der Waals surface area contributed by atoms with Gasteiger partial charge in [-0.2, -0.15) is 0 Å². The Hall–Kier alpha value is -2.52. The number of anilines is 1. The van der Waals surface area contributed by atoms with Crippen LogP contribution in [0, 0.1) is 0 Å². The SMILES string of the molecule is COCCC1C(=O)N(Cc2ccc3c(N)ncnc3c2)CCN1C/C=C/c1ccc(Cl)s1. The molecular weight excluding hydrogens is 446 g/mol. The van der Waals surface area contributed by atoms with Gasteiger partial charge in [0.1, 0.15) is 12.1 Å². The van der Waals surface area contributed by atoms with Gasteiger partial charge in [-0.05, 0) is 42.3 Å². The predicted octanol–water partition coefficient (Wildman–Crippen LogP) is 3.69. The molecule has 1 unspecified atom stereocenters. The van der Waals surface area contributed by atoms with Crippen molar-refractivity contribution in [3.63, 3.8) is 0 Å². The van der Waals surface area contributed by atoms with E-state index in [4.69, 9.17) is 22.1 Å². The van der Waals surface area contributed by atoms with E-state index in [0.717, 1.165) is 32.2 Å². The Morgan fingerprint density at radius 1 is 1.28 bits per heavy atom. The van der Waals surface area contributed by atoms with Crippen LogP contribution >= 0.6 is 22.9 Å². The third kappa shape index (κ3) is 5.27. The molecule has 0 saturated carbocycles. The summed E-state index contributed by atoms with van der Waals surface area (Å²) in [5.41, 5.74) is 7.74. The average molecular weight is 472 g/mol. The second-order valence-electron chi connectivity index (χ2n) is 7.71. The number of benzene rings is 1. The number of piperazine rings is 1. The maximum absolute atomic E-state index is 13.3. The molecule has 1 amide bonds. The van der Waals surface area contributed by atoms with Gasteiger partial charge in [-0.1, -0.05) is 23.7 Å². The summed E-state index contributed by atoms with van der Waals surface area (Å²) in [7, 11) is 1.67. The largest absolute Gasteiger partial charge is 0.385 e. The van der Waals surface area contributed by atoms with Crippen LogP contribution in [0.2, 0.25) is 4.34 Å². The molecule has 2 N–H and O–H groups in total. The van der Waals surface area contributed by atoms with E-state index < -0.39 is 0 Å². The number of ether oxygens (including phenoxy) is 1. The number of carbonyl (C=O) groups is 1. The summed E-state index contributed by atoms with van der Waals surface area (Å²) < 4.78 is 6.05. The molecule has 32 heavy (non-hydrogen) atoms. The van der Waals surface area contributed by atoms with Gasteiger partial charge in [0.15, 0.2) is 0 Å². The predicted molar refractivity (Wildman–Crippen MR) is 130 cm³/mol. The van der Waals surface area contributed by atoms with Gasteiger partial charge in [-0.3, -0.25) is 9.69 Å². The van der Waals surface area contributed by atoms with Crippen LogP contribution in [0.1, 0.15) is 16.9 Å². The fraction of sp³-hybridized carbons (Fsp3) is 0.348. The quantitative estimate of drug-likeness (QED) is 0.539. The monoisotopic (exact) mass is 471 g/mol. The van der Waals surface area contributed by atoms with Crippen molar-refractivity contribution in [3.8, 4) is 0 Å². The molecule has 0 spiro atoms. The molecule has 9 heteroatoms. The van der Waals surface area contributed by atoms with E-state index >= 15 is 0 Å². The number of fused-ring (bicyclic) bond motifs is 1. The van der Waals surface area contributed by atoms with E-state index in [1.54, 1.807) is 18.4 Å². The van der Waals surface area contributed by atoms with Crippen LogP contribution in [0.15, 0.2) is 42.7 Å². The molecular formula is C23H26ClN5O2S. The Balaban J connectivity index is 1.45. The fourth-order valence-electron chi connectivity index (χ4n) is 3.96. The zero-order chi connectivity index (χ0) is 22.5. The zero-order valence-electron chi connectivity index (χ0n) is 17.9. The number of thiophene rings is 1. The zero-order valence-corrected chi connectivity index (χ0v) is 19.5. The first-order valence-corrected chi connectivity index (χ1v) is 11.7. The molecule has 7 nitrogen and oxygen atoms in total. The Labute approximate surface area is 196 Å². The Bertz CT molecular complexity index is 1120. The van der Waals surface area contributed by atoms with E-state index in [1.807, 2.05) is 35.2 Å². The summed E-state index contributed by atoms with van der Waals surface area (Å²) in [5.74, 6) is 0.590. The first-order valence-electron chi connectivity index (χ1n) is 10.5. The Kier molecular flexibility index (Phi) is 7.36. The summed E-state index contributed by atoms with van der Waals surface area (Å²) in [6, 6.07) is 9.57. The third-order valence-electron chi connectivity index (χ3n) is 5.61. The molecule has 3 aromatic rings. The van der Waals surface area contributed by atoms with E-state index in [1.165, 1.54) is 6.33 Å². The first kappa shape index (κ1) is 22.7. The number of methoxy groups -OCH3 is 1. The minimum Gasteiger partial charge on any atom is -0.385 e. The molecule has 1 atom stereocenters. The summed E-state index contributed by atoms with van der Waals surface area (Å²) in [6.07, 6.45) is 6.28. The van der Waals surface area contributed by atoms with Crippen molar-refractivity contribution < 1.29 is 9.53 Å². The molecule has 1 saturated heterocycles. The highest BCUT2D eigenvalue weighted by Gasteiger charge is 2.33. The van der Waals surface area contributed by atoms with Crippen LogP contribution in [0.3, 0.4) is 0 Å². The summed E-state index contributed by atoms with van der Waals surface area (Å²) in [4.78, 5) is 26.9. The van der Waals surface area contributed by atoms with E-state index in [2.05, 4.69) is 27.0 Å². The number of aromatic nitrogens is 2. The molecule has 2 aromatic heterocycles. The van der Waals surface area contributed by atoms with Gasteiger partial charge >= 0.3 is 0 Å². The van der Waals surface area contributed by atoms with Crippen molar-refractivity contribution in [2.45, 2.75) is 19.0 Å². The third-order valence-corrected chi connectivity index (χ3v) is 6.81. The molecule has 1 fully saturated rings. The lowest BCUT2D eigenvalue weighted by molar-refractivity contribution is -0.143. The fourth-order valence-corrected chi connectivity index (χ4v) is 4.95. The van der Waals surface area contributed by atoms with Crippen LogP contribution < -0.4 is 5.73 Å². The Morgan fingerprint density at radius 2 is 2.16 bits per heavy atom. The number of hydrogen-bond donors (Lipinski definition) is 1. The Morgan fingerprint density at radius 3 is 2.94 bits per heavy atom. The van der Waals surface area contributed by atoms with Crippen molar-refractivity contribution >= 4 is 51.6 Å². The van der Waals surface area contributed by atoms with Crippen LogP contribution in [0.5, 0.6) is 0 Å². The van der Waals surface area contributed by atoms with E-state index in [0.29, 0.717) is 38.5 Å². The number of amides is 1. The molecule has 0 radical (unpaired) electrons. The van der Waals surface area contributed by atoms with Crippen molar-refractivity contribution in [3.05, 3.63) is 57.5 Å². The molecule has 1 aromatic carbocycles. The summed E-state index contributed by atoms with van der Waals surface area (Å²) in [5, 5.41) is 0.823. The number of nitrogens with two attached hydrogens (primary N) is 1. The lowest BCUT2D eigenvalue weighted by atomic mass is 10.1. The minimum absolute atomic E-state index is 0.128. The topological polar surface area (TPSA) is 84.6 Å². The normalized spacial score (nSPS) is 17.6. The lowest BCUT2D eigenvalue weighted by Gasteiger charge is -2.40. The van der Waals surface area contributed by atoms with Gasteiger partial charge < -0.3 is 15.4 Å². The van der Waals surface area contributed by atoms with E-state index in [-0.39, 0.29) is 11.9 Å². The van der Waals surface area contributed by atoms with Gasteiger partial charge in [-0.25, -0.2) is 9.97 Å². The molecule has 4 rings (SSSR count). The summed E-state index contributed by atoms with van der Waals surface area (Å²) in [6.45, 7) is 3.26. The van der Waals surface area contributed by atoms with Crippen LogP contribution in [0.25, 0.3) is 17.0 Å². The van der Waals surface area contributed by atoms with E-state index in [9.17, 15) is 4.79 Å². The second kappa shape index (κ2) is 10.4. The maximum atomic E-state index is 13.3. The van der Waals surface area contributed by atoms with Crippen LogP contribution in [0.4, 0.5) is 5.82 Å². The van der Waals surface area contributed by atoms with Crippen molar-refractivity contribution in [2.24, 2.45) is 0 Å². The highest BCUT2D eigenvalue weighted by molar-refractivity contribution is 7.16. The lowest BCUT2D eigenvalue weighted by Crippen LogP contribution is -2.56. The standard InChI is InChI=1S/C23H26ClN5O2S/c1-31-12-8-20-23(30)29(11-10-28(20)9-2-3-17-5-7-21(24)32-17)14-16-4-6-18-19(13-16)26-15-27-22(18)25/h2-7,13,15,20H,8-12,14H2,1H3,(H2,25,26,27)/b3-2+. The first-order chi connectivity index (χ1) is 15.5. The second-order valence-corrected chi connectivity index (χ2v) is 9.45. The van der Waals surface area contributed by atoms with Gasteiger partial charge in [0.25, 0.3) is 0 Å². The molecule has 0 bridgehead atoms. The van der Waals surface area contributed by atoms with Gasteiger partial charge in [0.2, 0.25) is 5.91 Å². The minimum atomic E-state index is -0.210. The number of halogens is 1. The molecule has 0 aliphatic carbocycles. The van der Waals surface area contributed by atoms with Gasteiger partial charge in [0, 0.05) is 50.2 Å².